The van der Waals surface area contributed by atoms with E-state index in [1.165, 1.54) is 31.4 Å². The SMILES string of the molecule is COc1ccccc1NS(=O)(=O)c1ccc(C(=O)NCc2cccc(NC(=O)C3CCC3)c2)cc1. The first-order valence-corrected chi connectivity index (χ1v) is 12.8. The van der Waals surface area contributed by atoms with Crippen LogP contribution in [0.1, 0.15) is 35.2 Å². The number of benzene rings is 3. The summed E-state index contributed by atoms with van der Waals surface area (Å²) in [6, 6.07) is 19.7. The van der Waals surface area contributed by atoms with E-state index in [0.29, 0.717) is 22.7 Å². The maximum absolute atomic E-state index is 12.7. The average Bonchev–Trinajstić information content (AvgIpc) is 2.82. The summed E-state index contributed by atoms with van der Waals surface area (Å²) in [5, 5.41) is 5.75. The highest BCUT2D eigenvalue weighted by Crippen LogP contribution is 2.28. The minimum Gasteiger partial charge on any atom is -0.495 e. The number of carbonyl (C=O) groups excluding carboxylic acids is 2. The van der Waals surface area contributed by atoms with Crippen molar-refractivity contribution in [2.75, 3.05) is 17.1 Å². The maximum atomic E-state index is 12.7. The van der Waals surface area contributed by atoms with E-state index in [0.717, 1.165) is 24.8 Å². The van der Waals surface area contributed by atoms with Crippen molar-refractivity contribution in [3.8, 4) is 5.75 Å². The molecule has 2 amide bonds. The Kier molecular flexibility index (Phi) is 7.36. The third kappa shape index (κ3) is 5.99. The molecule has 1 aliphatic rings. The fraction of sp³-hybridized carbons (Fsp3) is 0.231. The zero-order valence-corrected chi connectivity index (χ0v) is 20.1. The molecule has 3 N–H and O–H groups in total. The second-order valence-electron chi connectivity index (χ2n) is 8.33. The topological polar surface area (TPSA) is 114 Å². The molecular weight excluding hydrogens is 466 g/mol. The number of ether oxygens (including phenoxy) is 1. The second-order valence-corrected chi connectivity index (χ2v) is 10.0. The molecule has 182 valence electrons. The van der Waals surface area contributed by atoms with Crippen LogP contribution in [0.2, 0.25) is 0 Å². The van der Waals surface area contributed by atoms with Gasteiger partial charge in [-0.15, -0.1) is 0 Å². The highest BCUT2D eigenvalue weighted by atomic mass is 32.2. The lowest BCUT2D eigenvalue weighted by Gasteiger charge is -2.24. The van der Waals surface area contributed by atoms with E-state index in [1.807, 2.05) is 24.3 Å². The number of hydrogen-bond acceptors (Lipinski definition) is 5. The van der Waals surface area contributed by atoms with Gasteiger partial charge in [0.2, 0.25) is 5.91 Å². The molecule has 3 aromatic carbocycles. The summed E-state index contributed by atoms with van der Waals surface area (Å²) in [5.74, 6) is 0.192. The van der Waals surface area contributed by atoms with Crippen molar-refractivity contribution in [3.63, 3.8) is 0 Å². The van der Waals surface area contributed by atoms with Crippen LogP contribution >= 0.6 is 0 Å². The first kappa shape index (κ1) is 24.3. The van der Waals surface area contributed by atoms with Gasteiger partial charge >= 0.3 is 0 Å². The Morgan fingerprint density at radius 1 is 0.971 bits per heavy atom. The van der Waals surface area contributed by atoms with Crippen molar-refractivity contribution >= 4 is 33.2 Å². The summed E-state index contributed by atoms with van der Waals surface area (Å²) < 4.78 is 33.2. The summed E-state index contributed by atoms with van der Waals surface area (Å²) in [4.78, 5) is 24.8. The first-order valence-electron chi connectivity index (χ1n) is 11.3. The molecule has 0 aromatic heterocycles. The molecule has 35 heavy (non-hydrogen) atoms. The molecule has 1 aliphatic carbocycles. The van der Waals surface area contributed by atoms with E-state index in [2.05, 4.69) is 15.4 Å². The number of rotatable bonds is 9. The third-order valence-electron chi connectivity index (χ3n) is 5.90. The van der Waals surface area contributed by atoms with Crippen LogP contribution in [-0.2, 0) is 21.4 Å². The van der Waals surface area contributed by atoms with Gasteiger partial charge in [-0.25, -0.2) is 8.42 Å². The van der Waals surface area contributed by atoms with E-state index < -0.39 is 10.0 Å². The van der Waals surface area contributed by atoms with Crippen LogP contribution in [0.15, 0.2) is 77.7 Å². The van der Waals surface area contributed by atoms with Crippen LogP contribution < -0.4 is 20.1 Å². The summed E-state index contributed by atoms with van der Waals surface area (Å²) in [6.45, 7) is 0.265. The number of amides is 2. The van der Waals surface area contributed by atoms with Crippen LogP contribution in [0, 0.1) is 5.92 Å². The molecule has 0 unspecified atom stereocenters. The Balaban J connectivity index is 1.36. The number of para-hydroxylation sites is 2. The number of methoxy groups -OCH3 is 1. The zero-order valence-electron chi connectivity index (χ0n) is 19.3. The number of hydrogen-bond donors (Lipinski definition) is 3. The molecule has 9 heteroatoms. The second kappa shape index (κ2) is 10.6. The van der Waals surface area contributed by atoms with Crippen molar-refractivity contribution in [1.29, 1.82) is 0 Å². The van der Waals surface area contributed by atoms with Crippen LogP contribution in [0.5, 0.6) is 5.75 Å². The molecule has 0 spiro atoms. The molecule has 1 fully saturated rings. The highest BCUT2D eigenvalue weighted by Gasteiger charge is 2.25. The smallest absolute Gasteiger partial charge is 0.262 e. The van der Waals surface area contributed by atoms with Crippen LogP contribution in [0.4, 0.5) is 11.4 Å². The van der Waals surface area contributed by atoms with E-state index in [9.17, 15) is 18.0 Å². The van der Waals surface area contributed by atoms with Crippen molar-refractivity contribution in [2.24, 2.45) is 5.92 Å². The molecule has 8 nitrogen and oxygen atoms in total. The number of carbonyl (C=O) groups is 2. The van der Waals surface area contributed by atoms with Crippen molar-refractivity contribution in [1.82, 2.24) is 5.32 Å². The highest BCUT2D eigenvalue weighted by molar-refractivity contribution is 7.92. The monoisotopic (exact) mass is 493 g/mol. The molecule has 0 atom stereocenters. The summed E-state index contributed by atoms with van der Waals surface area (Å²) in [6.07, 6.45) is 2.95. The van der Waals surface area contributed by atoms with E-state index in [-0.39, 0.29) is 29.2 Å². The fourth-order valence-corrected chi connectivity index (χ4v) is 4.75. The zero-order chi connectivity index (χ0) is 24.8. The van der Waals surface area contributed by atoms with Gasteiger partial charge in [-0.2, -0.15) is 0 Å². The predicted molar refractivity (Wildman–Crippen MR) is 134 cm³/mol. The van der Waals surface area contributed by atoms with Gasteiger partial charge in [0.05, 0.1) is 17.7 Å². The summed E-state index contributed by atoms with van der Waals surface area (Å²) in [5.41, 5.74) is 2.19. The van der Waals surface area contributed by atoms with E-state index in [4.69, 9.17) is 4.74 Å². The molecule has 0 saturated heterocycles. The van der Waals surface area contributed by atoms with Gasteiger partial charge < -0.3 is 15.4 Å². The predicted octanol–water partition coefficient (Wildman–Crippen LogP) is 4.16. The Morgan fingerprint density at radius 2 is 1.71 bits per heavy atom. The number of anilines is 2. The average molecular weight is 494 g/mol. The molecule has 0 bridgehead atoms. The fourth-order valence-electron chi connectivity index (χ4n) is 3.68. The largest absolute Gasteiger partial charge is 0.495 e. The van der Waals surface area contributed by atoms with Gasteiger partial charge in [0.1, 0.15) is 5.75 Å². The van der Waals surface area contributed by atoms with Gasteiger partial charge in [0, 0.05) is 23.7 Å². The van der Waals surface area contributed by atoms with Gasteiger partial charge in [-0.3, -0.25) is 14.3 Å². The van der Waals surface area contributed by atoms with E-state index in [1.54, 1.807) is 24.3 Å². The molecule has 0 heterocycles. The Morgan fingerprint density at radius 3 is 2.40 bits per heavy atom. The Hall–Kier alpha value is -3.85. The minimum absolute atomic E-state index is 0.0230. The van der Waals surface area contributed by atoms with E-state index >= 15 is 0 Å². The lowest BCUT2D eigenvalue weighted by Crippen LogP contribution is -2.28. The van der Waals surface area contributed by atoms with Gasteiger partial charge in [0.25, 0.3) is 15.9 Å². The quantitative estimate of drug-likeness (QED) is 0.414. The van der Waals surface area contributed by atoms with Gasteiger partial charge in [-0.05, 0) is 66.9 Å². The molecule has 1 saturated carbocycles. The molecule has 3 aromatic rings. The van der Waals surface area contributed by atoms with Crippen molar-refractivity contribution in [3.05, 3.63) is 83.9 Å². The third-order valence-corrected chi connectivity index (χ3v) is 7.28. The molecule has 0 aliphatic heterocycles. The first-order chi connectivity index (χ1) is 16.9. The van der Waals surface area contributed by atoms with Crippen LogP contribution in [0.25, 0.3) is 0 Å². The Labute approximate surface area is 204 Å². The summed E-state index contributed by atoms with van der Waals surface area (Å²) in [7, 11) is -2.40. The van der Waals surface area contributed by atoms with Crippen molar-refractivity contribution in [2.45, 2.75) is 30.7 Å². The van der Waals surface area contributed by atoms with Gasteiger partial charge in [0.15, 0.2) is 0 Å². The molecule has 4 rings (SSSR count). The summed E-state index contributed by atoms with van der Waals surface area (Å²) >= 11 is 0. The van der Waals surface area contributed by atoms with Crippen LogP contribution in [0.3, 0.4) is 0 Å². The Bertz CT molecular complexity index is 1320. The number of nitrogens with one attached hydrogen (secondary N) is 3. The van der Waals surface area contributed by atoms with Crippen molar-refractivity contribution < 1.29 is 22.7 Å². The minimum atomic E-state index is -3.86. The number of sulfonamides is 1. The lowest BCUT2D eigenvalue weighted by molar-refractivity contribution is -0.122. The molecular formula is C26H27N3O5S. The molecule has 0 radical (unpaired) electrons. The van der Waals surface area contributed by atoms with Crippen LogP contribution in [-0.4, -0.2) is 27.3 Å². The lowest BCUT2D eigenvalue weighted by atomic mass is 9.85. The maximum Gasteiger partial charge on any atom is 0.262 e. The normalized spacial score (nSPS) is 13.4. The van der Waals surface area contributed by atoms with Gasteiger partial charge in [-0.1, -0.05) is 30.7 Å². The standard InChI is InChI=1S/C26H27N3O5S/c1-34-24-11-3-2-10-23(24)29-35(32,33)22-14-12-20(13-15-22)25(30)27-17-18-6-4-9-21(16-18)28-26(31)19-7-5-8-19/h2-4,6,9-16,19,29H,5,7-8,17H2,1H3,(H,27,30)(H,28,31).